The van der Waals surface area contributed by atoms with Gasteiger partial charge in [-0.25, -0.2) is 0 Å². The van der Waals surface area contributed by atoms with E-state index in [1.165, 1.54) is 11.1 Å². The molecule has 1 aromatic rings. The van der Waals surface area contributed by atoms with E-state index in [-0.39, 0.29) is 0 Å². The zero-order chi connectivity index (χ0) is 22.4. The third-order valence-electron chi connectivity index (χ3n) is 5.80. The summed E-state index contributed by atoms with van der Waals surface area (Å²) in [6, 6.07) is 8.51. The van der Waals surface area contributed by atoms with Crippen molar-refractivity contribution in [3.63, 3.8) is 0 Å². The smallest absolute Gasteiger partial charge is 0.0725 e. The van der Waals surface area contributed by atoms with Crippen LogP contribution in [0.5, 0.6) is 0 Å². The predicted octanol–water partition coefficient (Wildman–Crippen LogP) is 8.08. The second kappa shape index (κ2) is 9.28. The molecule has 1 spiro atoms. The highest BCUT2D eigenvalue weighted by molar-refractivity contribution is 5.94. The maximum atomic E-state index is 4.15. The largest absolute Gasteiger partial charge is 0.0991 e. The van der Waals surface area contributed by atoms with Crippen molar-refractivity contribution in [2.75, 3.05) is 0 Å². The Morgan fingerprint density at radius 2 is 0.968 bits per heavy atom. The standard InChI is InChI=1S/C31H28/c1-7-13-19-27-23(10-4)24(11-5)28(20-14-8-2)31(27)29(21-15-9-3)25(12-6)26-18-16-17-22-30(26)31/h7-22H,1-6H2/b19-13-,20-14-,21-15-. The zero-order valence-electron chi connectivity index (χ0n) is 18.0. The predicted molar refractivity (Wildman–Crippen MR) is 138 cm³/mol. The summed E-state index contributed by atoms with van der Waals surface area (Å²) < 4.78 is 0. The molecule has 0 unspecified atom stereocenters. The molecule has 0 radical (unpaired) electrons. The molecule has 0 atom stereocenters. The van der Waals surface area contributed by atoms with Gasteiger partial charge >= 0.3 is 0 Å². The van der Waals surface area contributed by atoms with Crippen molar-refractivity contribution in [2.24, 2.45) is 0 Å². The van der Waals surface area contributed by atoms with Crippen molar-refractivity contribution in [2.45, 2.75) is 5.41 Å². The molecule has 0 nitrogen and oxygen atoms in total. The topological polar surface area (TPSA) is 0 Å². The van der Waals surface area contributed by atoms with Crippen LogP contribution < -0.4 is 0 Å². The maximum Gasteiger partial charge on any atom is 0.0725 e. The van der Waals surface area contributed by atoms with Crippen molar-refractivity contribution < 1.29 is 0 Å². The van der Waals surface area contributed by atoms with Crippen LogP contribution in [0.3, 0.4) is 0 Å². The van der Waals surface area contributed by atoms with Gasteiger partial charge in [-0.3, -0.25) is 0 Å². The van der Waals surface area contributed by atoms with Gasteiger partial charge in [0.05, 0.1) is 5.41 Å². The highest BCUT2D eigenvalue weighted by atomic mass is 14.5. The van der Waals surface area contributed by atoms with Gasteiger partial charge in [-0.05, 0) is 44.6 Å². The van der Waals surface area contributed by atoms with Crippen LogP contribution in [0.4, 0.5) is 0 Å². The van der Waals surface area contributed by atoms with Crippen LogP contribution in [0.1, 0.15) is 11.1 Å². The van der Waals surface area contributed by atoms with Crippen molar-refractivity contribution in [1.82, 2.24) is 0 Å². The van der Waals surface area contributed by atoms with Gasteiger partial charge in [0.1, 0.15) is 0 Å². The molecule has 2 aliphatic carbocycles. The Bertz CT molecular complexity index is 1120. The highest BCUT2D eigenvalue weighted by Crippen LogP contribution is 2.61. The fourth-order valence-corrected chi connectivity index (χ4v) is 4.75. The molecule has 3 rings (SSSR count). The first-order valence-electron chi connectivity index (χ1n) is 10.3. The minimum absolute atomic E-state index is 0.536. The Hall–Kier alpha value is -3.90. The lowest BCUT2D eigenvalue weighted by molar-refractivity contribution is 0.772. The van der Waals surface area contributed by atoms with Crippen molar-refractivity contribution >= 4 is 5.57 Å². The van der Waals surface area contributed by atoms with Gasteiger partial charge in [0.2, 0.25) is 0 Å². The molecule has 0 heteroatoms. The van der Waals surface area contributed by atoms with Crippen molar-refractivity contribution in [3.05, 3.63) is 176 Å². The van der Waals surface area contributed by atoms with Crippen LogP contribution in [-0.2, 0) is 5.41 Å². The Labute approximate surface area is 186 Å². The van der Waals surface area contributed by atoms with E-state index in [9.17, 15) is 0 Å². The highest BCUT2D eigenvalue weighted by Gasteiger charge is 2.52. The van der Waals surface area contributed by atoms with Crippen LogP contribution in [0.2, 0.25) is 0 Å². The van der Waals surface area contributed by atoms with Crippen LogP contribution in [0, 0.1) is 0 Å². The summed E-state index contributed by atoms with van der Waals surface area (Å²) in [4.78, 5) is 0. The van der Waals surface area contributed by atoms with E-state index in [2.05, 4.69) is 82.0 Å². The molecular weight excluding hydrogens is 372 g/mol. The zero-order valence-corrected chi connectivity index (χ0v) is 18.0. The molecule has 0 fully saturated rings. The molecule has 0 bridgehead atoms. The first kappa shape index (κ1) is 21.8. The maximum absolute atomic E-state index is 4.15. The molecule has 0 heterocycles. The molecule has 0 saturated heterocycles. The number of hydrogen-bond donors (Lipinski definition) is 0. The quantitative estimate of drug-likeness (QED) is 0.367. The van der Waals surface area contributed by atoms with Gasteiger partial charge in [-0.15, -0.1) is 0 Å². The molecular formula is C31H28. The van der Waals surface area contributed by atoms with E-state index in [1.54, 1.807) is 18.2 Å². The Morgan fingerprint density at radius 1 is 0.548 bits per heavy atom. The number of allylic oxidation sites excluding steroid dienone is 18. The average Bonchev–Trinajstić information content (AvgIpc) is 3.23. The average molecular weight is 401 g/mol. The first-order valence-corrected chi connectivity index (χ1v) is 10.3. The molecule has 152 valence electrons. The van der Waals surface area contributed by atoms with Gasteiger partial charge < -0.3 is 0 Å². The number of benzene rings is 1. The van der Waals surface area contributed by atoms with Crippen LogP contribution >= 0.6 is 0 Å². The molecule has 0 saturated carbocycles. The van der Waals surface area contributed by atoms with Gasteiger partial charge in [0, 0.05) is 0 Å². The van der Waals surface area contributed by atoms with Crippen molar-refractivity contribution in [3.8, 4) is 0 Å². The monoisotopic (exact) mass is 400 g/mol. The molecule has 1 aromatic carbocycles. The lowest BCUT2D eigenvalue weighted by Gasteiger charge is -2.33. The summed E-state index contributed by atoms with van der Waals surface area (Å²) in [6.45, 7) is 24.1. The van der Waals surface area contributed by atoms with Gasteiger partial charge in [0.15, 0.2) is 0 Å². The summed E-state index contributed by atoms with van der Waals surface area (Å²) in [5.41, 5.74) is 8.47. The van der Waals surface area contributed by atoms with E-state index in [0.717, 1.165) is 33.4 Å². The second-order valence-corrected chi connectivity index (χ2v) is 7.17. The fourth-order valence-electron chi connectivity index (χ4n) is 4.75. The van der Waals surface area contributed by atoms with Gasteiger partial charge in [-0.1, -0.05) is 137 Å². The molecule has 0 amide bonds. The molecule has 0 aromatic heterocycles. The van der Waals surface area contributed by atoms with Crippen molar-refractivity contribution in [1.29, 1.82) is 0 Å². The Morgan fingerprint density at radius 3 is 1.39 bits per heavy atom. The van der Waals surface area contributed by atoms with Gasteiger partial charge in [0.25, 0.3) is 0 Å². The van der Waals surface area contributed by atoms with Gasteiger partial charge in [-0.2, -0.15) is 0 Å². The first-order chi connectivity index (χ1) is 15.2. The fraction of sp³-hybridized carbons (Fsp3) is 0.0323. The SMILES string of the molecule is C=C/C=C\C1=C(C=C)C(C=C)=C(/C=C\C=C)C12C(/C=C\C=C)=C(C=C)c1ccccc12. The normalized spacial score (nSPS) is 17.3. The number of fused-ring (bicyclic) bond motifs is 2. The minimum atomic E-state index is -0.536. The minimum Gasteiger partial charge on any atom is -0.0991 e. The lowest BCUT2D eigenvalue weighted by Crippen LogP contribution is -2.28. The van der Waals surface area contributed by atoms with E-state index >= 15 is 0 Å². The summed E-state index contributed by atoms with van der Waals surface area (Å²) in [6.07, 6.45) is 23.5. The Kier molecular flexibility index (Phi) is 6.52. The summed E-state index contributed by atoms with van der Waals surface area (Å²) in [7, 11) is 0. The third kappa shape index (κ3) is 3.17. The van der Waals surface area contributed by atoms with E-state index < -0.39 is 5.41 Å². The van der Waals surface area contributed by atoms with E-state index in [4.69, 9.17) is 0 Å². The number of hydrogen-bond acceptors (Lipinski definition) is 0. The molecule has 0 aliphatic heterocycles. The molecule has 2 aliphatic rings. The van der Waals surface area contributed by atoms with Crippen LogP contribution in [0.25, 0.3) is 5.57 Å². The molecule has 0 N–H and O–H groups in total. The van der Waals surface area contributed by atoms with E-state index in [1.807, 2.05) is 36.5 Å². The van der Waals surface area contributed by atoms with E-state index in [0.29, 0.717) is 0 Å². The molecule has 31 heavy (non-hydrogen) atoms. The summed E-state index contributed by atoms with van der Waals surface area (Å²) in [5, 5.41) is 0. The summed E-state index contributed by atoms with van der Waals surface area (Å²) in [5.74, 6) is 0. The van der Waals surface area contributed by atoms with Crippen LogP contribution in [-0.4, -0.2) is 0 Å². The van der Waals surface area contributed by atoms with Crippen LogP contribution in [0.15, 0.2) is 165 Å². The summed E-state index contributed by atoms with van der Waals surface area (Å²) >= 11 is 0. The Balaban J connectivity index is 2.63. The third-order valence-corrected chi connectivity index (χ3v) is 5.80. The second-order valence-electron chi connectivity index (χ2n) is 7.17. The number of rotatable bonds is 9. The lowest BCUT2D eigenvalue weighted by atomic mass is 9.67.